The minimum absolute atomic E-state index is 0.0581. The lowest BCUT2D eigenvalue weighted by molar-refractivity contribution is 0.163. The summed E-state index contributed by atoms with van der Waals surface area (Å²) in [4.78, 5) is 0. The van der Waals surface area contributed by atoms with Crippen molar-refractivity contribution >= 4 is 11.8 Å². The summed E-state index contributed by atoms with van der Waals surface area (Å²) in [6, 6.07) is 33.4. The quantitative estimate of drug-likeness (QED) is 0.108. The minimum Gasteiger partial charge on any atom is -0.497 e. The Hall–Kier alpha value is -3.25. The molecule has 240 valence electrons. The van der Waals surface area contributed by atoms with Crippen LogP contribution in [0.3, 0.4) is 0 Å². The molecular weight excluding hydrogens is 577 g/mol. The van der Waals surface area contributed by atoms with Gasteiger partial charge in [-0.05, 0) is 70.5 Å². The van der Waals surface area contributed by atoms with Gasteiger partial charge in [0.05, 0.1) is 36.9 Å². The molecule has 0 bridgehead atoms. The van der Waals surface area contributed by atoms with Crippen molar-refractivity contribution in [3.8, 4) is 11.5 Å². The summed E-state index contributed by atoms with van der Waals surface area (Å²) in [7, 11) is 3.40. The molecule has 0 aromatic heterocycles. The third-order valence-corrected chi connectivity index (χ3v) is 10.1. The van der Waals surface area contributed by atoms with Crippen molar-refractivity contribution in [2.75, 3.05) is 14.2 Å². The first kappa shape index (κ1) is 34.6. The second-order valence-electron chi connectivity index (χ2n) is 11.8. The van der Waals surface area contributed by atoms with Crippen LogP contribution in [-0.2, 0) is 0 Å². The van der Waals surface area contributed by atoms with Gasteiger partial charge in [-0.3, -0.25) is 0 Å². The van der Waals surface area contributed by atoms with Crippen LogP contribution < -0.4 is 9.47 Å². The Labute approximate surface area is 274 Å². The van der Waals surface area contributed by atoms with Gasteiger partial charge < -0.3 is 19.7 Å². The number of benzene rings is 4. The zero-order chi connectivity index (χ0) is 32.0. The van der Waals surface area contributed by atoms with Gasteiger partial charge in [0, 0.05) is 0 Å². The zero-order valence-electron chi connectivity index (χ0n) is 27.3. The zero-order valence-corrected chi connectivity index (χ0v) is 28.1. The summed E-state index contributed by atoms with van der Waals surface area (Å²) < 4.78 is 11.3. The van der Waals surface area contributed by atoms with Gasteiger partial charge in [0.2, 0.25) is 0 Å². The van der Waals surface area contributed by atoms with Gasteiger partial charge in [-0.2, -0.15) is 0 Å². The molecule has 4 atom stereocenters. The Bertz CT molecular complexity index is 1340. The molecule has 0 aliphatic heterocycles. The first-order chi connectivity index (χ1) is 22.0. The standard InChI is InChI=1S/C40H50O4S/c1-5-7-9-23-37(41)29-15-11-17-31(25-29)39(33-19-13-21-35(27-33)43-3)45-40(34-20-14-22-36(28-34)44-4)32-18-12-16-30(26-32)38(42)24-10-8-6-2/h11-22,25-28,37-42H,5-10,23-24H2,1-4H3. The summed E-state index contributed by atoms with van der Waals surface area (Å²) in [6.07, 6.45) is 7.04. The van der Waals surface area contributed by atoms with Crippen LogP contribution in [0.1, 0.15) is 121 Å². The van der Waals surface area contributed by atoms with Gasteiger partial charge in [0.1, 0.15) is 11.5 Å². The largest absolute Gasteiger partial charge is 0.497 e. The van der Waals surface area contributed by atoms with Crippen molar-refractivity contribution in [3.05, 3.63) is 130 Å². The predicted octanol–water partition coefficient (Wildman–Crippen LogP) is 10.5. The second-order valence-corrected chi connectivity index (χ2v) is 13.0. The van der Waals surface area contributed by atoms with Crippen LogP contribution in [0.25, 0.3) is 0 Å². The highest BCUT2D eigenvalue weighted by molar-refractivity contribution is 8.00. The van der Waals surface area contributed by atoms with Crippen molar-refractivity contribution < 1.29 is 19.7 Å². The van der Waals surface area contributed by atoms with E-state index in [0.717, 1.165) is 96.2 Å². The number of hydrogen-bond donors (Lipinski definition) is 2. The molecule has 2 N–H and O–H groups in total. The SMILES string of the molecule is CCCCCC(O)c1cccc(C(SC(c2cccc(OC)c2)c2cccc(C(O)CCCCC)c2)c2cccc(OC)c2)c1. The van der Waals surface area contributed by atoms with E-state index in [1.807, 2.05) is 48.2 Å². The molecule has 5 heteroatoms. The normalized spacial score (nSPS) is 14.0. The topological polar surface area (TPSA) is 58.9 Å². The number of thioether (sulfide) groups is 1. The lowest BCUT2D eigenvalue weighted by Gasteiger charge is -2.27. The smallest absolute Gasteiger partial charge is 0.119 e. The number of ether oxygens (including phenoxy) is 2. The van der Waals surface area contributed by atoms with E-state index in [4.69, 9.17) is 9.47 Å². The number of rotatable bonds is 18. The number of unbranched alkanes of at least 4 members (excludes halogenated alkanes) is 4. The lowest BCUT2D eigenvalue weighted by atomic mass is 9.97. The van der Waals surface area contributed by atoms with Crippen molar-refractivity contribution in [1.29, 1.82) is 0 Å². The molecule has 0 spiro atoms. The molecule has 45 heavy (non-hydrogen) atoms. The molecule has 4 unspecified atom stereocenters. The molecule has 0 heterocycles. The summed E-state index contributed by atoms with van der Waals surface area (Å²) in [5.74, 6) is 1.62. The van der Waals surface area contributed by atoms with Crippen LogP contribution in [0.4, 0.5) is 0 Å². The van der Waals surface area contributed by atoms with Crippen LogP contribution in [0.15, 0.2) is 97.1 Å². The second kappa shape index (κ2) is 18.0. The van der Waals surface area contributed by atoms with Crippen molar-refractivity contribution in [2.24, 2.45) is 0 Å². The van der Waals surface area contributed by atoms with Gasteiger partial charge in [-0.1, -0.05) is 125 Å². The van der Waals surface area contributed by atoms with Crippen LogP contribution in [0, 0.1) is 0 Å². The molecule has 4 aromatic carbocycles. The molecule has 0 radical (unpaired) electrons. The highest BCUT2D eigenvalue weighted by Crippen LogP contribution is 2.49. The minimum atomic E-state index is -0.493. The van der Waals surface area contributed by atoms with Crippen LogP contribution >= 0.6 is 11.8 Å². The maximum atomic E-state index is 11.1. The summed E-state index contributed by atoms with van der Waals surface area (Å²) >= 11 is 1.85. The summed E-state index contributed by atoms with van der Waals surface area (Å²) in [5, 5.41) is 22.1. The molecule has 4 aromatic rings. The van der Waals surface area contributed by atoms with E-state index in [1.54, 1.807) is 14.2 Å². The average molecular weight is 627 g/mol. The van der Waals surface area contributed by atoms with Gasteiger partial charge in [-0.15, -0.1) is 11.8 Å². The number of aliphatic hydroxyl groups excluding tert-OH is 2. The fourth-order valence-electron chi connectivity index (χ4n) is 5.81. The Balaban J connectivity index is 1.79. The third-order valence-electron chi connectivity index (χ3n) is 8.42. The number of methoxy groups -OCH3 is 2. The highest BCUT2D eigenvalue weighted by atomic mass is 32.2. The summed E-state index contributed by atoms with van der Waals surface area (Å²) in [5.41, 5.74) is 6.41. The van der Waals surface area contributed by atoms with E-state index in [2.05, 4.69) is 74.5 Å². The molecule has 4 rings (SSSR count). The maximum Gasteiger partial charge on any atom is 0.119 e. The van der Waals surface area contributed by atoms with Crippen LogP contribution in [0.2, 0.25) is 0 Å². The monoisotopic (exact) mass is 626 g/mol. The fraction of sp³-hybridized carbons (Fsp3) is 0.400. The van der Waals surface area contributed by atoms with Gasteiger partial charge >= 0.3 is 0 Å². The average Bonchev–Trinajstić information content (AvgIpc) is 3.09. The lowest BCUT2D eigenvalue weighted by Crippen LogP contribution is -2.07. The Morgan fingerprint density at radius 2 is 0.867 bits per heavy atom. The molecule has 0 fully saturated rings. The summed E-state index contributed by atoms with van der Waals surface area (Å²) in [6.45, 7) is 4.37. The maximum absolute atomic E-state index is 11.1. The molecule has 0 saturated carbocycles. The van der Waals surface area contributed by atoms with Gasteiger partial charge in [-0.25, -0.2) is 0 Å². The first-order valence-electron chi connectivity index (χ1n) is 16.5. The van der Waals surface area contributed by atoms with Gasteiger partial charge in [0.25, 0.3) is 0 Å². The third kappa shape index (κ3) is 9.87. The highest BCUT2D eigenvalue weighted by Gasteiger charge is 2.26. The Kier molecular flexibility index (Phi) is 13.9. The molecule has 0 saturated heterocycles. The Morgan fingerprint density at radius 1 is 0.511 bits per heavy atom. The van der Waals surface area contributed by atoms with Gasteiger partial charge in [0.15, 0.2) is 0 Å². The van der Waals surface area contributed by atoms with E-state index < -0.39 is 12.2 Å². The van der Waals surface area contributed by atoms with E-state index in [1.165, 1.54) is 0 Å². The Morgan fingerprint density at radius 3 is 1.24 bits per heavy atom. The van der Waals surface area contributed by atoms with Crippen molar-refractivity contribution in [3.63, 3.8) is 0 Å². The molecule has 4 nitrogen and oxygen atoms in total. The number of aliphatic hydroxyl groups is 2. The molecule has 0 aliphatic rings. The van der Waals surface area contributed by atoms with Crippen LogP contribution in [0.5, 0.6) is 11.5 Å². The van der Waals surface area contributed by atoms with E-state index in [9.17, 15) is 10.2 Å². The van der Waals surface area contributed by atoms with Crippen LogP contribution in [-0.4, -0.2) is 24.4 Å². The van der Waals surface area contributed by atoms with Crippen molar-refractivity contribution in [1.82, 2.24) is 0 Å². The molecular formula is C40H50O4S. The van der Waals surface area contributed by atoms with Crippen molar-refractivity contribution in [2.45, 2.75) is 87.9 Å². The van der Waals surface area contributed by atoms with E-state index >= 15 is 0 Å². The molecule has 0 aliphatic carbocycles. The first-order valence-corrected chi connectivity index (χ1v) is 17.4. The fourth-order valence-corrected chi connectivity index (χ4v) is 7.30. The molecule has 0 amide bonds. The van der Waals surface area contributed by atoms with E-state index in [0.29, 0.717) is 0 Å². The number of hydrogen-bond acceptors (Lipinski definition) is 5. The van der Waals surface area contributed by atoms with E-state index in [-0.39, 0.29) is 10.5 Å². The predicted molar refractivity (Wildman–Crippen MR) is 188 cm³/mol.